The van der Waals surface area contributed by atoms with Crippen molar-refractivity contribution in [1.82, 2.24) is 5.32 Å². The Hall–Kier alpha value is -2.02. The van der Waals surface area contributed by atoms with Gasteiger partial charge >= 0.3 is 0 Å². The fourth-order valence-corrected chi connectivity index (χ4v) is 3.66. The number of amides is 2. The van der Waals surface area contributed by atoms with Crippen molar-refractivity contribution >= 4 is 63.8 Å². The first-order valence-corrected chi connectivity index (χ1v) is 8.71. The van der Waals surface area contributed by atoms with Crippen LogP contribution in [0.3, 0.4) is 0 Å². The normalized spacial score (nSPS) is 16.7. The van der Waals surface area contributed by atoms with E-state index in [1.54, 1.807) is 12.1 Å². The molecule has 1 fully saturated rings. The number of hydrogen-bond acceptors (Lipinski definition) is 4. The summed E-state index contributed by atoms with van der Waals surface area (Å²) >= 11 is 12.4. The SMILES string of the molecule is Cc1ccc(C)c(N2C(=O)/C(=C/c3ccc(Cl)s3)C(=O)NC2=S)c1. The molecule has 4 nitrogen and oxygen atoms in total. The first kappa shape index (κ1) is 16.8. The van der Waals surface area contributed by atoms with Crippen LogP contribution in [0.25, 0.3) is 6.08 Å². The van der Waals surface area contributed by atoms with Gasteiger partial charge in [0.25, 0.3) is 11.8 Å². The maximum Gasteiger partial charge on any atom is 0.270 e. The second kappa shape index (κ2) is 6.47. The Morgan fingerprint density at radius 3 is 2.62 bits per heavy atom. The van der Waals surface area contributed by atoms with Gasteiger partial charge in [-0.15, -0.1) is 11.3 Å². The zero-order valence-electron chi connectivity index (χ0n) is 12.9. The van der Waals surface area contributed by atoms with E-state index in [2.05, 4.69) is 5.32 Å². The topological polar surface area (TPSA) is 49.4 Å². The van der Waals surface area contributed by atoms with Crippen LogP contribution in [0, 0.1) is 13.8 Å². The largest absolute Gasteiger partial charge is 0.298 e. The number of anilines is 1. The fraction of sp³-hybridized carbons (Fsp3) is 0.118. The molecule has 7 heteroatoms. The molecule has 0 unspecified atom stereocenters. The van der Waals surface area contributed by atoms with Crippen molar-refractivity contribution in [2.45, 2.75) is 13.8 Å². The molecule has 3 rings (SSSR count). The first-order valence-electron chi connectivity index (χ1n) is 7.11. The number of hydrogen-bond donors (Lipinski definition) is 1. The van der Waals surface area contributed by atoms with E-state index in [-0.39, 0.29) is 10.7 Å². The van der Waals surface area contributed by atoms with Gasteiger partial charge in [0.15, 0.2) is 5.11 Å². The van der Waals surface area contributed by atoms with Crippen LogP contribution < -0.4 is 10.2 Å². The molecule has 2 aromatic rings. The number of aryl methyl sites for hydroxylation is 2. The van der Waals surface area contributed by atoms with Crippen LogP contribution in [0.15, 0.2) is 35.9 Å². The molecule has 1 N–H and O–H groups in total. The summed E-state index contributed by atoms with van der Waals surface area (Å²) in [4.78, 5) is 27.2. The summed E-state index contributed by atoms with van der Waals surface area (Å²) < 4.78 is 0.590. The van der Waals surface area contributed by atoms with Gasteiger partial charge in [0, 0.05) is 4.88 Å². The summed E-state index contributed by atoms with van der Waals surface area (Å²) in [5.74, 6) is -0.946. The van der Waals surface area contributed by atoms with E-state index in [1.165, 1.54) is 22.3 Å². The van der Waals surface area contributed by atoms with E-state index in [0.717, 1.165) is 16.0 Å². The quantitative estimate of drug-likeness (QED) is 0.492. The Morgan fingerprint density at radius 1 is 1.21 bits per heavy atom. The molecule has 0 aliphatic carbocycles. The minimum atomic E-state index is -0.504. The summed E-state index contributed by atoms with van der Waals surface area (Å²) in [5.41, 5.74) is 2.59. The van der Waals surface area contributed by atoms with Crippen molar-refractivity contribution in [2.24, 2.45) is 0 Å². The summed E-state index contributed by atoms with van der Waals surface area (Å²) in [6.45, 7) is 3.83. The maximum absolute atomic E-state index is 12.9. The highest BCUT2D eigenvalue weighted by atomic mass is 35.5. The molecule has 122 valence electrons. The van der Waals surface area contributed by atoms with E-state index in [4.69, 9.17) is 23.8 Å². The van der Waals surface area contributed by atoms with Gasteiger partial charge in [-0.1, -0.05) is 23.7 Å². The molecule has 0 spiro atoms. The van der Waals surface area contributed by atoms with Gasteiger partial charge in [0.05, 0.1) is 10.0 Å². The lowest BCUT2D eigenvalue weighted by Gasteiger charge is -2.30. The van der Waals surface area contributed by atoms with E-state index in [9.17, 15) is 9.59 Å². The number of carbonyl (C=O) groups is 2. The zero-order valence-corrected chi connectivity index (χ0v) is 15.3. The Kier molecular flexibility index (Phi) is 4.54. The van der Waals surface area contributed by atoms with E-state index < -0.39 is 11.8 Å². The third kappa shape index (κ3) is 3.13. The second-order valence-electron chi connectivity index (χ2n) is 5.39. The van der Waals surface area contributed by atoms with Crippen molar-refractivity contribution in [2.75, 3.05) is 4.90 Å². The van der Waals surface area contributed by atoms with Gasteiger partial charge in [-0.05, 0) is 61.5 Å². The van der Waals surface area contributed by atoms with Gasteiger partial charge < -0.3 is 0 Å². The molecule has 1 aromatic heterocycles. The molecule has 2 amide bonds. The van der Waals surface area contributed by atoms with Crippen molar-refractivity contribution in [3.8, 4) is 0 Å². The molecule has 2 heterocycles. The molecule has 1 saturated heterocycles. The number of carbonyl (C=O) groups excluding carboxylic acids is 2. The zero-order chi connectivity index (χ0) is 17.4. The first-order chi connectivity index (χ1) is 11.4. The number of nitrogens with one attached hydrogen (secondary N) is 1. The second-order valence-corrected chi connectivity index (χ2v) is 7.52. The van der Waals surface area contributed by atoms with E-state index >= 15 is 0 Å². The highest BCUT2D eigenvalue weighted by Crippen LogP contribution is 2.28. The minimum absolute atomic E-state index is 0.0306. The average Bonchev–Trinajstić information content (AvgIpc) is 2.92. The van der Waals surface area contributed by atoms with E-state index in [1.807, 2.05) is 32.0 Å². The number of thiocarbonyl (C=S) groups is 1. The van der Waals surface area contributed by atoms with Gasteiger partial charge in [-0.25, -0.2) is 0 Å². The van der Waals surface area contributed by atoms with E-state index in [0.29, 0.717) is 10.0 Å². The molecule has 1 aliphatic rings. The molecule has 0 bridgehead atoms. The Labute approximate surface area is 153 Å². The predicted molar refractivity (Wildman–Crippen MR) is 101 cm³/mol. The van der Waals surface area contributed by atoms with Crippen molar-refractivity contribution in [1.29, 1.82) is 0 Å². The van der Waals surface area contributed by atoms with Crippen LogP contribution in [-0.2, 0) is 9.59 Å². The molecule has 1 aliphatic heterocycles. The summed E-state index contributed by atoms with van der Waals surface area (Å²) in [6, 6.07) is 9.22. The molecular formula is C17H13ClN2O2S2. The number of rotatable bonds is 2. The maximum atomic E-state index is 12.9. The van der Waals surface area contributed by atoms with Gasteiger partial charge in [-0.3, -0.25) is 19.8 Å². The molecule has 0 atom stereocenters. The van der Waals surface area contributed by atoms with Crippen LogP contribution in [0.2, 0.25) is 4.34 Å². The summed E-state index contributed by atoms with van der Waals surface area (Å²) in [6.07, 6.45) is 1.54. The smallest absolute Gasteiger partial charge is 0.270 e. The molecule has 0 saturated carbocycles. The Balaban J connectivity index is 2.06. The lowest BCUT2D eigenvalue weighted by Crippen LogP contribution is -2.54. The highest BCUT2D eigenvalue weighted by Gasteiger charge is 2.35. The lowest BCUT2D eigenvalue weighted by atomic mass is 10.1. The van der Waals surface area contributed by atoms with Crippen LogP contribution in [0.5, 0.6) is 0 Å². The Bertz CT molecular complexity index is 902. The lowest BCUT2D eigenvalue weighted by molar-refractivity contribution is -0.122. The van der Waals surface area contributed by atoms with Gasteiger partial charge in [0.1, 0.15) is 5.57 Å². The summed E-state index contributed by atoms with van der Waals surface area (Å²) in [5, 5.41) is 2.67. The standard InChI is InChI=1S/C17H13ClN2O2S2/c1-9-3-4-10(2)13(7-9)20-16(22)12(15(21)19-17(20)23)8-11-5-6-14(18)24-11/h3-8H,1-2H3,(H,19,21,23)/b12-8+. The summed E-state index contributed by atoms with van der Waals surface area (Å²) in [7, 11) is 0. The van der Waals surface area contributed by atoms with Gasteiger partial charge in [0.2, 0.25) is 0 Å². The van der Waals surface area contributed by atoms with Crippen molar-refractivity contribution in [3.63, 3.8) is 0 Å². The third-order valence-electron chi connectivity index (χ3n) is 3.59. The monoisotopic (exact) mass is 376 g/mol. The average molecular weight is 377 g/mol. The molecule has 0 radical (unpaired) electrons. The number of halogens is 1. The fourth-order valence-electron chi connectivity index (χ4n) is 2.38. The van der Waals surface area contributed by atoms with Gasteiger partial charge in [-0.2, -0.15) is 0 Å². The number of thiophene rings is 1. The van der Waals surface area contributed by atoms with Crippen LogP contribution in [0.4, 0.5) is 5.69 Å². The molecule has 1 aromatic carbocycles. The Morgan fingerprint density at radius 2 is 1.96 bits per heavy atom. The van der Waals surface area contributed by atoms with Crippen molar-refractivity contribution in [3.05, 3.63) is 56.2 Å². The number of benzene rings is 1. The predicted octanol–water partition coefficient (Wildman–Crippen LogP) is 3.85. The molecular weight excluding hydrogens is 364 g/mol. The molecule has 24 heavy (non-hydrogen) atoms. The van der Waals surface area contributed by atoms with Crippen LogP contribution >= 0.6 is 35.2 Å². The third-order valence-corrected chi connectivity index (χ3v) is 5.05. The van der Waals surface area contributed by atoms with Crippen LogP contribution in [0.1, 0.15) is 16.0 Å². The van der Waals surface area contributed by atoms with Crippen molar-refractivity contribution < 1.29 is 9.59 Å². The number of nitrogens with zero attached hydrogens (tertiary/aromatic N) is 1. The highest BCUT2D eigenvalue weighted by molar-refractivity contribution is 7.80. The minimum Gasteiger partial charge on any atom is -0.298 e. The van der Waals surface area contributed by atoms with Crippen LogP contribution in [-0.4, -0.2) is 16.9 Å².